The van der Waals surface area contributed by atoms with Crippen LogP contribution in [-0.4, -0.2) is 29.3 Å². The third kappa shape index (κ3) is 3.73. The van der Waals surface area contributed by atoms with Gasteiger partial charge in [0.2, 0.25) is 5.91 Å². The minimum Gasteiger partial charge on any atom is -0.319 e. The molecule has 35 heavy (non-hydrogen) atoms. The fraction of sp³-hybridized carbons (Fsp3) is 0.481. The van der Waals surface area contributed by atoms with Crippen LogP contribution in [0.2, 0.25) is 0 Å². The van der Waals surface area contributed by atoms with Crippen molar-refractivity contribution in [2.45, 2.75) is 64.8 Å². The van der Waals surface area contributed by atoms with Gasteiger partial charge in [-0.2, -0.15) is 5.26 Å². The first-order valence-electron chi connectivity index (χ1n) is 12.3. The van der Waals surface area contributed by atoms with E-state index >= 15 is 0 Å². The van der Waals surface area contributed by atoms with Crippen molar-refractivity contribution in [3.63, 3.8) is 0 Å². The lowest BCUT2D eigenvalue weighted by molar-refractivity contribution is -0.134. The summed E-state index contributed by atoms with van der Waals surface area (Å²) in [5, 5.41) is 16.0. The molecular weight excluding hydrogens is 460 g/mol. The van der Waals surface area contributed by atoms with Crippen molar-refractivity contribution in [3.8, 4) is 6.07 Å². The molecule has 2 atom stereocenters. The van der Waals surface area contributed by atoms with Gasteiger partial charge in [0.1, 0.15) is 23.2 Å². The molecule has 2 unspecified atom stereocenters. The Morgan fingerprint density at radius 3 is 2.83 bits per heavy atom. The van der Waals surface area contributed by atoms with Gasteiger partial charge >= 0.3 is 6.03 Å². The van der Waals surface area contributed by atoms with E-state index in [0.717, 1.165) is 52.2 Å². The van der Waals surface area contributed by atoms with Gasteiger partial charge in [0.05, 0.1) is 5.56 Å². The van der Waals surface area contributed by atoms with Gasteiger partial charge in [-0.3, -0.25) is 14.5 Å². The topological polar surface area (TPSA) is 102 Å². The van der Waals surface area contributed by atoms with Crippen molar-refractivity contribution < 1.29 is 14.4 Å². The zero-order valence-corrected chi connectivity index (χ0v) is 21.2. The number of hydrogen-bond donors (Lipinski definition) is 2. The SMILES string of the molecule is CCC(C)(C)C1CCc2c(sc(NC(=O)CN3C(=O)NC4(CCc5ccccc54)C3=O)c2C#N)C1. The molecule has 3 aliphatic rings. The van der Waals surface area contributed by atoms with Crippen molar-refractivity contribution in [3.05, 3.63) is 51.4 Å². The molecule has 0 bridgehead atoms. The van der Waals surface area contributed by atoms with Crippen molar-refractivity contribution >= 4 is 34.2 Å². The Hall–Kier alpha value is -3.18. The van der Waals surface area contributed by atoms with Gasteiger partial charge in [-0.05, 0) is 60.1 Å². The van der Waals surface area contributed by atoms with Gasteiger partial charge in [0.25, 0.3) is 5.91 Å². The van der Waals surface area contributed by atoms with Crippen LogP contribution in [0.25, 0.3) is 0 Å². The number of anilines is 1. The van der Waals surface area contributed by atoms with E-state index < -0.39 is 23.4 Å². The number of imide groups is 1. The summed E-state index contributed by atoms with van der Waals surface area (Å²) in [5.74, 6) is -0.333. The molecular formula is C27H30N4O3S. The largest absolute Gasteiger partial charge is 0.325 e. The number of urea groups is 1. The first-order chi connectivity index (χ1) is 16.7. The summed E-state index contributed by atoms with van der Waals surface area (Å²) in [6.45, 7) is 6.41. The molecule has 2 aliphatic carbocycles. The number of benzene rings is 1. The molecule has 1 aromatic heterocycles. The first kappa shape index (κ1) is 23.6. The van der Waals surface area contributed by atoms with Crippen LogP contribution in [-0.2, 0) is 34.4 Å². The number of aryl methyl sites for hydroxylation is 1. The molecule has 1 aromatic carbocycles. The number of amides is 4. The van der Waals surface area contributed by atoms with E-state index in [-0.39, 0.29) is 12.0 Å². The van der Waals surface area contributed by atoms with Crippen molar-refractivity contribution in [1.29, 1.82) is 5.26 Å². The van der Waals surface area contributed by atoms with Crippen LogP contribution in [0, 0.1) is 22.7 Å². The summed E-state index contributed by atoms with van der Waals surface area (Å²) >= 11 is 1.46. The van der Waals surface area contributed by atoms with Crippen molar-refractivity contribution in [2.75, 3.05) is 11.9 Å². The molecule has 7 nitrogen and oxygen atoms in total. The van der Waals surface area contributed by atoms with E-state index in [0.29, 0.717) is 29.3 Å². The summed E-state index contributed by atoms with van der Waals surface area (Å²) in [4.78, 5) is 41.2. The molecule has 0 saturated carbocycles. The van der Waals surface area contributed by atoms with Gasteiger partial charge < -0.3 is 10.6 Å². The molecule has 5 rings (SSSR count). The lowest BCUT2D eigenvalue weighted by Crippen LogP contribution is -2.42. The predicted molar refractivity (Wildman–Crippen MR) is 134 cm³/mol. The van der Waals surface area contributed by atoms with E-state index in [1.54, 1.807) is 0 Å². The number of hydrogen-bond acceptors (Lipinski definition) is 5. The van der Waals surface area contributed by atoms with E-state index in [4.69, 9.17) is 0 Å². The Morgan fingerprint density at radius 1 is 1.31 bits per heavy atom. The first-order valence-corrected chi connectivity index (χ1v) is 13.1. The second kappa shape index (κ2) is 8.49. The van der Waals surface area contributed by atoms with Crippen molar-refractivity contribution in [2.24, 2.45) is 11.3 Å². The molecule has 1 fully saturated rings. The lowest BCUT2D eigenvalue weighted by Gasteiger charge is -2.36. The standard InChI is InChI=1S/C27H30N4O3S/c1-4-26(2,3)17-9-10-18-19(14-28)23(35-21(18)13-17)29-22(32)15-31-24(33)27(30-25(31)34)12-11-16-7-5-6-8-20(16)27/h5-8,17H,4,9-13,15H2,1-3H3,(H,29,32)(H,30,34). The molecule has 8 heteroatoms. The normalized spacial score (nSPS) is 23.1. The highest BCUT2D eigenvalue weighted by molar-refractivity contribution is 7.16. The monoisotopic (exact) mass is 490 g/mol. The average molecular weight is 491 g/mol. The summed E-state index contributed by atoms with van der Waals surface area (Å²) in [6.07, 6.45) is 5.03. The van der Waals surface area contributed by atoms with Crippen LogP contribution >= 0.6 is 11.3 Å². The average Bonchev–Trinajstić information content (AvgIpc) is 3.46. The maximum absolute atomic E-state index is 13.3. The summed E-state index contributed by atoms with van der Waals surface area (Å²) < 4.78 is 0. The van der Waals surface area contributed by atoms with Crippen LogP contribution in [0.15, 0.2) is 24.3 Å². The van der Waals surface area contributed by atoms with Crippen molar-refractivity contribution in [1.82, 2.24) is 10.2 Å². The molecule has 2 N–H and O–H groups in total. The number of nitrogens with zero attached hydrogens (tertiary/aromatic N) is 2. The molecule has 182 valence electrons. The van der Waals surface area contributed by atoms with Crippen LogP contribution in [0.3, 0.4) is 0 Å². The van der Waals surface area contributed by atoms with Gasteiger partial charge in [0.15, 0.2) is 0 Å². The Bertz CT molecular complexity index is 1270. The smallest absolute Gasteiger partial charge is 0.319 e. The number of fused-ring (bicyclic) bond motifs is 3. The summed E-state index contributed by atoms with van der Waals surface area (Å²) in [5.41, 5.74) is 2.53. The molecule has 4 amide bonds. The van der Waals surface area contributed by atoms with Crippen LogP contribution < -0.4 is 10.6 Å². The second-order valence-electron chi connectivity index (χ2n) is 10.5. The molecule has 0 radical (unpaired) electrons. The Labute approximate surface area is 209 Å². The summed E-state index contributed by atoms with van der Waals surface area (Å²) in [7, 11) is 0. The van der Waals surface area contributed by atoms with Crippen LogP contribution in [0.5, 0.6) is 0 Å². The second-order valence-corrected chi connectivity index (χ2v) is 11.6. The maximum atomic E-state index is 13.3. The Kier molecular flexibility index (Phi) is 5.71. The quantitative estimate of drug-likeness (QED) is 0.603. The fourth-order valence-electron chi connectivity index (χ4n) is 5.79. The highest BCUT2D eigenvalue weighted by Crippen LogP contribution is 2.45. The van der Waals surface area contributed by atoms with Gasteiger partial charge in [-0.25, -0.2) is 4.79 Å². The van der Waals surface area contributed by atoms with Crippen LogP contribution in [0.1, 0.15) is 67.2 Å². The van der Waals surface area contributed by atoms with E-state index in [2.05, 4.69) is 37.5 Å². The number of thiophene rings is 1. The summed E-state index contributed by atoms with van der Waals surface area (Å²) in [6, 6.07) is 9.33. The fourth-order valence-corrected chi connectivity index (χ4v) is 7.08. The number of carbonyl (C=O) groups is 3. The number of nitrogens with one attached hydrogen (secondary N) is 2. The molecule has 1 aliphatic heterocycles. The van der Waals surface area contributed by atoms with E-state index in [1.807, 2.05) is 24.3 Å². The zero-order chi connectivity index (χ0) is 25.0. The minimum absolute atomic E-state index is 0.218. The van der Waals surface area contributed by atoms with Gasteiger partial charge in [0, 0.05) is 4.88 Å². The zero-order valence-electron chi connectivity index (χ0n) is 20.4. The Morgan fingerprint density at radius 2 is 2.09 bits per heavy atom. The molecule has 1 spiro atoms. The predicted octanol–water partition coefficient (Wildman–Crippen LogP) is 4.49. The maximum Gasteiger partial charge on any atom is 0.325 e. The lowest BCUT2D eigenvalue weighted by atomic mass is 9.69. The highest BCUT2D eigenvalue weighted by Gasteiger charge is 2.55. The Balaban J connectivity index is 1.32. The van der Waals surface area contributed by atoms with Gasteiger partial charge in [-0.1, -0.05) is 51.5 Å². The van der Waals surface area contributed by atoms with E-state index in [9.17, 15) is 19.6 Å². The van der Waals surface area contributed by atoms with Gasteiger partial charge in [-0.15, -0.1) is 11.3 Å². The third-order valence-electron chi connectivity index (χ3n) is 8.37. The molecule has 1 saturated heterocycles. The number of carbonyl (C=O) groups excluding carboxylic acids is 3. The van der Waals surface area contributed by atoms with Crippen LogP contribution in [0.4, 0.5) is 9.80 Å². The minimum atomic E-state index is -1.09. The molecule has 2 heterocycles. The highest BCUT2D eigenvalue weighted by atomic mass is 32.1. The number of rotatable bonds is 5. The third-order valence-corrected chi connectivity index (χ3v) is 9.54. The van der Waals surface area contributed by atoms with E-state index in [1.165, 1.54) is 11.3 Å². The molecule has 2 aromatic rings. The number of nitriles is 1.